The Morgan fingerprint density at radius 2 is 1.74 bits per heavy atom. The maximum Gasteiger partial charge on any atom is 0.165 e. The summed E-state index contributed by atoms with van der Waals surface area (Å²) in [5.74, 6) is -1.91. The molecule has 4 heteroatoms. The van der Waals surface area contributed by atoms with Crippen LogP contribution < -0.4 is 0 Å². The van der Waals surface area contributed by atoms with E-state index in [1.54, 1.807) is 12.1 Å². The van der Waals surface area contributed by atoms with Gasteiger partial charge in [-0.1, -0.05) is 34.1 Å². The Morgan fingerprint density at radius 1 is 1.05 bits per heavy atom. The summed E-state index contributed by atoms with van der Waals surface area (Å²) in [6.07, 6.45) is -1.19. The Kier molecular flexibility index (Phi) is 4.02. The second-order valence-electron chi connectivity index (χ2n) is 4.56. The second-order valence-corrected chi connectivity index (χ2v) is 5.48. The molecule has 0 saturated heterocycles. The van der Waals surface area contributed by atoms with Crippen LogP contribution in [-0.2, 0) is 0 Å². The number of hydrogen-bond acceptors (Lipinski definition) is 1. The first-order valence-electron chi connectivity index (χ1n) is 5.80. The van der Waals surface area contributed by atoms with Crippen LogP contribution in [-0.4, -0.2) is 5.11 Å². The van der Waals surface area contributed by atoms with Gasteiger partial charge in [0.25, 0.3) is 0 Å². The van der Waals surface area contributed by atoms with E-state index in [-0.39, 0.29) is 11.1 Å². The molecule has 0 aliphatic carbocycles. The third-order valence-corrected chi connectivity index (χ3v) is 3.44. The smallest absolute Gasteiger partial charge is 0.165 e. The van der Waals surface area contributed by atoms with Crippen molar-refractivity contribution in [1.29, 1.82) is 0 Å². The third kappa shape index (κ3) is 2.85. The van der Waals surface area contributed by atoms with Crippen molar-refractivity contribution < 1.29 is 13.9 Å². The molecular formula is C15H13BrF2O. The molecule has 0 saturated carbocycles. The Labute approximate surface area is 119 Å². The zero-order valence-electron chi connectivity index (χ0n) is 10.5. The lowest BCUT2D eigenvalue weighted by molar-refractivity contribution is 0.213. The lowest BCUT2D eigenvalue weighted by atomic mass is 9.98. The molecule has 19 heavy (non-hydrogen) atoms. The van der Waals surface area contributed by atoms with Gasteiger partial charge in [0.2, 0.25) is 0 Å². The number of benzene rings is 2. The van der Waals surface area contributed by atoms with E-state index in [9.17, 15) is 13.9 Å². The maximum absolute atomic E-state index is 13.9. The molecule has 1 unspecified atom stereocenters. The maximum atomic E-state index is 13.9. The molecule has 0 aromatic heterocycles. The molecule has 1 nitrogen and oxygen atoms in total. The predicted molar refractivity (Wildman–Crippen MR) is 74.0 cm³/mol. The van der Waals surface area contributed by atoms with Crippen molar-refractivity contribution in [1.82, 2.24) is 0 Å². The van der Waals surface area contributed by atoms with Crippen LogP contribution in [0.1, 0.15) is 28.4 Å². The van der Waals surface area contributed by atoms with Crippen LogP contribution in [0.5, 0.6) is 0 Å². The van der Waals surface area contributed by atoms with Crippen molar-refractivity contribution in [2.75, 3.05) is 0 Å². The molecule has 1 atom stereocenters. The zero-order valence-corrected chi connectivity index (χ0v) is 12.1. The van der Waals surface area contributed by atoms with Crippen LogP contribution in [0.4, 0.5) is 8.78 Å². The number of hydrogen-bond donors (Lipinski definition) is 1. The molecule has 0 fully saturated rings. The van der Waals surface area contributed by atoms with Crippen LogP contribution in [0.3, 0.4) is 0 Å². The zero-order chi connectivity index (χ0) is 14.2. The summed E-state index contributed by atoms with van der Waals surface area (Å²) in [4.78, 5) is 0. The fraction of sp³-hybridized carbons (Fsp3) is 0.200. The summed E-state index contributed by atoms with van der Waals surface area (Å²) in [6, 6.07) is 8.18. The van der Waals surface area contributed by atoms with Crippen LogP contribution in [0.25, 0.3) is 0 Å². The summed E-state index contributed by atoms with van der Waals surface area (Å²) in [7, 11) is 0. The van der Waals surface area contributed by atoms with E-state index in [0.717, 1.165) is 10.0 Å². The molecule has 0 spiro atoms. The lowest BCUT2D eigenvalue weighted by Gasteiger charge is -2.14. The molecule has 2 aromatic carbocycles. The molecule has 0 radical (unpaired) electrons. The molecular weight excluding hydrogens is 314 g/mol. The Balaban J connectivity index is 2.50. The molecule has 0 aliphatic heterocycles. The normalized spacial score (nSPS) is 12.5. The molecule has 0 aliphatic rings. The van der Waals surface area contributed by atoms with Crippen molar-refractivity contribution in [3.05, 3.63) is 68.7 Å². The van der Waals surface area contributed by atoms with Crippen molar-refractivity contribution in [3.8, 4) is 0 Å². The fourth-order valence-corrected chi connectivity index (χ4v) is 2.60. The minimum Gasteiger partial charge on any atom is -0.384 e. The van der Waals surface area contributed by atoms with E-state index in [1.807, 2.05) is 13.0 Å². The van der Waals surface area contributed by atoms with E-state index >= 15 is 0 Å². The highest BCUT2D eigenvalue weighted by molar-refractivity contribution is 9.10. The highest BCUT2D eigenvalue weighted by Gasteiger charge is 2.19. The highest BCUT2D eigenvalue weighted by Crippen LogP contribution is 2.29. The predicted octanol–water partition coefficient (Wildman–Crippen LogP) is 4.43. The average Bonchev–Trinajstić information content (AvgIpc) is 2.34. The van der Waals surface area contributed by atoms with Gasteiger partial charge in [0, 0.05) is 10.0 Å². The third-order valence-electron chi connectivity index (χ3n) is 2.98. The summed E-state index contributed by atoms with van der Waals surface area (Å²) in [6.45, 7) is 3.35. The summed E-state index contributed by atoms with van der Waals surface area (Å²) < 4.78 is 28.2. The highest BCUT2D eigenvalue weighted by atomic mass is 79.9. The monoisotopic (exact) mass is 326 g/mol. The van der Waals surface area contributed by atoms with Gasteiger partial charge in [0.05, 0.1) is 0 Å². The summed E-state index contributed by atoms with van der Waals surface area (Å²) in [5.41, 5.74) is 1.62. The largest absolute Gasteiger partial charge is 0.384 e. The average molecular weight is 327 g/mol. The van der Waals surface area contributed by atoms with Gasteiger partial charge in [-0.2, -0.15) is 0 Å². The minimum absolute atomic E-state index is 0.0550. The summed E-state index contributed by atoms with van der Waals surface area (Å²) >= 11 is 3.32. The van der Waals surface area contributed by atoms with Crippen LogP contribution >= 0.6 is 15.9 Å². The van der Waals surface area contributed by atoms with E-state index in [4.69, 9.17) is 0 Å². The van der Waals surface area contributed by atoms with Gasteiger partial charge in [0.1, 0.15) is 6.10 Å². The standard InChI is InChI=1S/C15H13BrF2O/c1-8-5-10(7-11(16)6-8)15(19)12-4-3-9(2)13(17)14(12)18/h3-7,15,19H,1-2H3. The molecule has 2 rings (SSSR count). The Morgan fingerprint density at radius 3 is 2.37 bits per heavy atom. The van der Waals surface area contributed by atoms with Gasteiger partial charge in [-0.05, 0) is 42.7 Å². The molecule has 0 bridgehead atoms. The van der Waals surface area contributed by atoms with Crippen molar-refractivity contribution in [3.63, 3.8) is 0 Å². The number of aryl methyl sites for hydroxylation is 2. The second kappa shape index (κ2) is 5.39. The van der Waals surface area contributed by atoms with E-state index in [0.29, 0.717) is 5.56 Å². The van der Waals surface area contributed by atoms with Gasteiger partial charge >= 0.3 is 0 Å². The van der Waals surface area contributed by atoms with Crippen LogP contribution in [0.15, 0.2) is 34.8 Å². The molecule has 0 amide bonds. The van der Waals surface area contributed by atoms with Gasteiger partial charge in [-0.3, -0.25) is 0 Å². The first-order chi connectivity index (χ1) is 8.90. The van der Waals surface area contributed by atoms with Crippen molar-refractivity contribution in [2.45, 2.75) is 20.0 Å². The van der Waals surface area contributed by atoms with E-state index < -0.39 is 17.7 Å². The van der Waals surface area contributed by atoms with Gasteiger partial charge < -0.3 is 5.11 Å². The van der Waals surface area contributed by atoms with E-state index in [1.165, 1.54) is 19.1 Å². The van der Waals surface area contributed by atoms with Crippen molar-refractivity contribution in [2.24, 2.45) is 0 Å². The SMILES string of the molecule is Cc1cc(Br)cc(C(O)c2ccc(C)c(F)c2F)c1. The lowest BCUT2D eigenvalue weighted by Crippen LogP contribution is -2.05. The van der Waals surface area contributed by atoms with Crippen LogP contribution in [0, 0.1) is 25.5 Å². The number of aliphatic hydroxyl groups excluding tert-OH is 1. The molecule has 100 valence electrons. The Bertz CT molecular complexity index is 606. The summed E-state index contributed by atoms with van der Waals surface area (Å²) in [5, 5.41) is 10.2. The quantitative estimate of drug-likeness (QED) is 0.865. The minimum atomic E-state index is -1.19. The first-order valence-corrected chi connectivity index (χ1v) is 6.59. The Hall–Kier alpha value is -1.26. The van der Waals surface area contributed by atoms with Gasteiger partial charge in [-0.25, -0.2) is 8.78 Å². The molecule has 1 N–H and O–H groups in total. The van der Waals surface area contributed by atoms with Gasteiger partial charge in [0.15, 0.2) is 11.6 Å². The molecule has 2 aromatic rings. The van der Waals surface area contributed by atoms with Gasteiger partial charge in [-0.15, -0.1) is 0 Å². The molecule has 0 heterocycles. The van der Waals surface area contributed by atoms with Crippen LogP contribution in [0.2, 0.25) is 0 Å². The fourth-order valence-electron chi connectivity index (χ4n) is 1.97. The number of rotatable bonds is 2. The van der Waals surface area contributed by atoms with E-state index in [2.05, 4.69) is 15.9 Å². The number of aliphatic hydroxyl groups is 1. The van der Waals surface area contributed by atoms with Crippen molar-refractivity contribution >= 4 is 15.9 Å². The first kappa shape index (κ1) is 14.2. The topological polar surface area (TPSA) is 20.2 Å². The number of halogens is 3.